The highest BCUT2D eigenvalue weighted by atomic mass is 16.6. The fraction of sp³-hybridized carbons (Fsp3) is 0.485. The van der Waals surface area contributed by atoms with Gasteiger partial charge in [0.15, 0.2) is 6.61 Å². The molecule has 2 aromatic carbocycles. The molecule has 43 heavy (non-hydrogen) atoms. The molecule has 0 bridgehead atoms. The molecule has 3 aromatic rings. The average Bonchev–Trinajstić information content (AvgIpc) is 3.36. The van der Waals surface area contributed by atoms with Gasteiger partial charge in [0.05, 0.1) is 24.8 Å². The van der Waals surface area contributed by atoms with Gasteiger partial charge in [0, 0.05) is 44.9 Å². The van der Waals surface area contributed by atoms with Gasteiger partial charge in [-0.15, -0.1) is 0 Å². The number of hydrogen-bond acceptors (Lipinski definition) is 7. The number of amides is 2. The molecular formula is C33H43N3O7. The highest BCUT2D eigenvalue weighted by Crippen LogP contribution is 2.36. The molecule has 0 radical (unpaired) electrons. The number of para-hydroxylation sites is 1. The molecule has 232 valence electrons. The Labute approximate surface area is 253 Å². The van der Waals surface area contributed by atoms with E-state index in [2.05, 4.69) is 22.9 Å². The van der Waals surface area contributed by atoms with Gasteiger partial charge in [0.25, 0.3) is 5.91 Å². The number of hydrogen-bond donors (Lipinski definition) is 1. The zero-order valence-corrected chi connectivity index (χ0v) is 26.0. The van der Waals surface area contributed by atoms with Crippen LogP contribution in [0.3, 0.4) is 0 Å². The maximum atomic E-state index is 13.8. The van der Waals surface area contributed by atoms with Crippen molar-refractivity contribution in [2.45, 2.75) is 65.1 Å². The first-order valence-electron chi connectivity index (χ1n) is 14.7. The number of esters is 1. The van der Waals surface area contributed by atoms with E-state index < -0.39 is 17.7 Å². The summed E-state index contributed by atoms with van der Waals surface area (Å²) in [5, 5.41) is 3.75. The number of likely N-dealkylation sites (tertiary alicyclic amines) is 1. The van der Waals surface area contributed by atoms with Gasteiger partial charge in [-0.25, -0.2) is 9.59 Å². The normalized spacial score (nSPS) is 14.0. The van der Waals surface area contributed by atoms with E-state index in [0.29, 0.717) is 37.6 Å². The molecular weight excluding hydrogens is 550 g/mol. The molecule has 0 spiro atoms. The van der Waals surface area contributed by atoms with Crippen LogP contribution >= 0.6 is 0 Å². The molecule has 4 rings (SSSR count). The summed E-state index contributed by atoms with van der Waals surface area (Å²) in [6, 6.07) is 11.7. The lowest BCUT2D eigenvalue weighted by atomic mass is 9.87. The Bertz CT molecular complexity index is 1450. The summed E-state index contributed by atoms with van der Waals surface area (Å²) in [5.74, 6) is 0.237. The Morgan fingerprint density at radius 2 is 1.79 bits per heavy atom. The molecule has 0 atom stereocenters. The number of fused-ring (bicyclic) bond motifs is 1. The van der Waals surface area contributed by atoms with Gasteiger partial charge < -0.3 is 33.7 Å². The van der Waals surface area contributed by atoms with Crippen molar-refractivity contribution in [3.8, 4) is 5.75 Å². The molecule has 2 amide bonds. The van der Waals surface area contributed by atoms with Crippen LogP contribution in [0.15, 0.2) is 42.6 Å². The smallest absolute Gasteiger partial charge is 0.407 e. The van der Waals surface area contributed by atoms with E-state index in [4.69, 9.17) is 18.9 Å². The van der Waals surface area contributed by atoms with Gasteiger partial charge in [-0.05, 0) is 69.2 Å². The summed E-state index contributed by atoms with van der Waals surface area (Å²) < 4.78 is 23.4. The van der Waals surface area contributed by atoms with Gasteiger partial charge in [0.2, 0.25) is 0 Å². The Kier molecular flexibility index (Phi) is 10.3. The number of carbonyl (C=O) groups excluding carboxylic acids is 3. The van der Waals surface area contributed by atoms with Gasteiger partial charge >= 0.3 is 12.1 Å². The van der Waals surface area contributed by atoms with Crippen molar-refractivity contribution in [1.29, 1.82) is 0 Å². The Hall–Kier alpha value is -4.05. The number of benzene rings is 2. The SMILES string of the molecule is COCCn1cc(C(=O)N2CCC(c3cc(CNC(=O)OC(C)(C)C)ccc3OCC(=O)OC)CC2)c2cccc(C)c21. The Morgan fingerprint density at radius 1 is 1.05 bits per heavy atom. The van der Waals surface area contributed by atoms with Crippen molar-refractivity contribution >= 4 is 28.9 Å². The fourth-order valence-corrected chi connectivity index (χ4v) is 5.49. The molecule has 10 heteroatoms. The molecule has 1 aromatic heterocycles. The predicted molar refractivity (Wildman–Crippen MR) is 163 cm³/mol. The van der Waals surface area contributed by atoms with Gasteiger partial charge in [-0.2, -0.15) is 0 Å². The summed E-state index contributed by atoms with van der Waals surface area (Å²) in [6.45, 7) is 9.97. The van der Waals surface area contributed by atoms with Crippen LogP contribution in [0.5, 0.6) is 5.75 Å². The number of alkyl carbamates (subject to hydrolysis) is 1. The first-order chi connectivity index (χ1) is 20.5. The minimum atomic E-state index is -0.593. The number of ether oxygens (including phenoxy) is 4. The second kappa shape index (κ2) is 13.9. The number of aryl methyl sites for hydroxylation is 1. The molecule has 1 aliphatic rings. The van der Waals surface area contributed by atoms with Gasteiger partial charge in [0.1, 0.15) is 11.4 Å². The molecule has 10 nitrogen and oxygen atoms in total. The number of piperidine rings is 1. The summed E-state index contributed by atoms with van der Waals surface area (Å²) in [7, 11) is 3.00. The molecule has 1 aliphatic heterocycles. The minimum absolute atomic E-state index is 0.0164. The maximum Gasteiger partial charge on any atom is 0.407 e. The third-order valence-corrected chi connectivity index (χ3v) is 7.57. The zero-order valence-electron chi connectivity index (χ0n) is 26.0. The standard InChI is InChI=1S/C33H43N3O7/c1-22-8-7-9-25-27(20-36(30(22)25)16-17-40-5)31(38)35-14-12-24(13-15-35)26-18-23(19-34-32(39)43-33(2,3)4)10-11-28(26)42-21-29(37)41-6/h7-11,18,20,24H,12-17,19,21H2,1-6H3,(H,34,39). The third kappa shape index (κ3) is 8.07. The van der Waals surface area contributed by atoms with Crippen LogP contribution in [0.2, 0.25) is 0 Å². The number of aromatic nitrogens is 1. The minimum Gasteiger partial charge on any atom is -0.482 e. The first kappa shape index (κ1) is 31.9. The quantitative estimate of drug-likeness (QED) is 0.322. The van der Waals surface area contributed by atoms with E-state index in [1.54, 1.807) is 7.11 Å². The monoisotopic (exact) mass is 593 g/mol. The Balaban J connectivity index is 1.50. The highest BCUT2D eigenvalue weighted by molar-refractivity contribution is 6.07. The maximum absolute atomic E-state index is 13.8. The van der Waals surface area contributed by atoms with Crippen LogP contribution in [0.25, 0.3) is 10.9 Å². The predicted octanol–water partition coefficient (Wildman–Crippen LogP) is 5.19. The summed E-state index contributed by atoms with van der Waals surface area (Å²) in [5.41, 5.74) is 4.10. The number of nitrogens with one attached hydrogen (secondary N) is 1. The van der Waals surface area contributed by atoms with E-state index >= 15 is 0 Å². The number of rotatable bonds is 10. The topological polar surface area (TPSA) is 108 Å². The number of methoxy groups -OCH3 is 2. The summed E-state index contributed by atoms with van der Waals surface area (Å²) in [6.07, 6.45) is 2.91. The second-order valence-electron chi connectivity index (χ2n) is 11.9. The van der Waals surface area contributed by atoms with Crippen molar-refractivity contribution in [2.24, 2.45) is 0 Å². The van der Waals surface area contributed by atoms with Crippen molar-refractivity contribution in [3.63, 3.8) is 0 Å². The molecule has 0 unspecified atom stereocenters. The molecule has 0 saturated carbocycles. The lowest BCUT2D eigenvalue weighted by molar-refractivity contribution is -0.142. The fourth-order valence-electron chi connectivity index (χ4n) is 5.49. The lowest BCUT2D eigenvalue weighted by Crippen LogP contribution is -2.38. The van der Waals surface area contributed by atoms with Crippen LogP contribution in [0.1, 0.15) is 66.6 Å². The van der Waals surface area contributed by atoms with E-state index in [1.807, 2.05) is 62.2 Å². The van der Waals surface area contributed by atoms with Crippen LogP contribution in [0.4, 0.5) is 4.79 Å². The van der Waals surface area contributed by atoms with Gasteiger partial charge in [-0.3, -0.25) is 4.79 Å². The molecule has 1 fully saturated rings. The van der Waals surface area contributed by atoms with E-state index in [9.17, 15) is 14.4 Å². The van der Waals surface area contributed by atoms with Crippen molar-refractivity contribution in [3.05, 3.63) is 64.8 Å². The van der Waals surface area contributed by atoms with Crippen molar-refractivity contribution in [2.75, 3.05) is 40.5 Å². The average molecular weight is 594 g/mol. The molecule has 2 heterocycles. The van der Waals surface area contributed by atoms with E-state index in [0.717, 1.165) is 40.4 Å². The van der Waals surface area contributed by atoms with Crippen molar-refractivity contribution in [1.82, 2.24) is 14.8 Å². The zero-order chi connectivity index (χ0) is 31.1. The molecule has 0 aliphatic carbocycles. The van der Waals surface area contributed by atoms with Gasteiger partial charge in [-0.1, -0.05) is 30.3 Å². The van der Waals surface area contributed by atoms with Crippen LogP contribution in [-0.4, -0.2) is 73.6 Å². The number of nitrogens with zero attached hydrogens (tertiary/aromatic N) is 2. The van der Waals surface area contributed by atoms with Crippen LogP contribution < -0.4 is 10.1 Å². The Morgan fingerprint density at radius 3 is 2.47 bits per heavy atom. The van der Waals surface area contributed by atoms with Crippen LogP contribution in [-0.2, 0) is 32.1 Å². The number of carbonyl (C=O) groups is 3. The largest absolute Gasteiger partial charge is 0.482 e. The van der Waals surface area contributed by atoms with E-state index in [1.165, 1.54) is 7.11 Å². The van der Waals surface area contributed by atoms with E-state index in [-0.39, 0.29) is 25.0 Å². The van der Waals surface area contributed by atoms with Crippen molar-refractivity contribution < 1.29 is 33.3 Å². The molecule has 1 N–H and O–H groups in total. The second-order valence-corrected chi connectivity index (χ2v) is 11.9. The molecule has 1 saturated heterocycles. The summed E-state index contributed by atoms with van der Waals surface area (Å²) >= 11 is 0. The lowest BCUT2D eigenvalue weighted by Gasteiger charge is -2.33. The summed E-state index contributed by atoms with van der Waals surface area (Å²) in [4.78, 5) is 39.7. The highest BCUT2D eigenvalue weighted by Gasteiger charge is 2.29. The third-order valence-electron chi connectivity index (χ3n) is 7.57. The van der Waals surface area contributed by atoms with Crippen LogP contribution in [0, 0.1) is 6.92 Å². The first-order valence-corrected chi connectivity index (χ1v) is 14.7.